The van der Waals surface area contributed by atoms with E-state index in [-0.39, 0.29) is 5.75 Å². The Labute approximate surface area is 152 Å². The molecule has 3 N–H and O–H groups in total. The van der Waals surface area contributed by atoms with Crippen molar-refractivity contribution in [2.45, 2.75) is 27.0 Å². The molecule has 0 aliphatic heterocycles. The first-order valence-electron chi connectivity index (χ1n) is 8.44. The minimum Gasteiger partial charge on any atom is -0.508 e. The van der Waals surface area contributed by atoms with Crippen molar-refractivity contribution in [3.63, 3.8) is 0 Å². The smallest absolute Gasteiger partial charge is 0.322 e. The summed E-state index contributed by atoms with van der Waals surface area (Å²) in [6.45, 7) is 6.50. The number of benzene rings is 2. The van der Waals surface area contributed by atoms with Gasteiger partial charge in [-0.2, -0.15) is 0 Å². The highest BCUT2D eigenvalue weighted by Gasteiger charge is 2.11. The molecule has 2 aromatic rings. The molecule has 0 radical (unpaired) electrons. The number of hydrogen-bond acceptors (Lipinski definition) is 5. The largest absolute Gasteiger partial charge is 0.508 e. The number of aromatic hydroxyl groups is 1. The van der Waals surface area contributed by atoms with Crippen LogP contribution in [0.4, 0.5) is 10.5 Å². The normalized spacial score (nSPS) is 11.3. The van der Waals surface area contributed by atoms with E-state index in [0.29, 0.717) is 36.1 Å². The van der Waals surface area contributed by atoms with Crippen LogP contribution < -0.4 is 24.8 Å². The molecule has 7 heteroatoms. The Balaban J connectivity index is 1.93. The van der Waals surface area contributed by atoms with Gasteiger partial charge in [-0.25, -0.2) is 4.79 Å². The van der Waals surface area contributed by atoms with Gasteiger partial charge >= 0.3 is 6.03 Å². The highest BCUT2D eigenvalue weighted by atomic mass is 16.5. The van der Waals surface area contributed by atoms with Gasteiger partial charge in [-0.3, -0.25) is 0 Å². The van der Waals surface area contributed by atoms with E-state index < -0.39 is 12.3 Å². The molecule has 7 nitrogen and oxygen atoms in total. The van der Waals surface area contributed by atoms with Crippen LogP contribution in [0.3, 0.4) is 0 Å². The number of rotatable bonds is 8. The van der Waals surface area contributed by atoms with Gasteiger partial charge in [0.1, 0.15) is 11.5 Å². The number of phenols is 1. The average Bonchev–Trinajstić information content (AvgIpc) is 2.59. The standard InChI is InChI=1S/C19H24N2O5/c1-4-24-17-11-6-14(12-18(17)25-5-2)21-19(23)20-13(3)26-16-9-7-15(22)8-10-16/h6-13,22H,4-5H2,1-3H3,(H2,20,21,23). The molecule has 0 spiro atoms. The SMILES string of the molecule is CCOc1ccc(NC(=O)NC(C)Oc2ccc(O)cc2)cc1OCC. The van der Waals surface area contributed by atoms with Gasteiger partial charge in [-0.1, -0.05) is 0 Å². The highest BCUT2D eigenvalue weighted by molar-refractivity contribution is 5.89. The first kappa shape index (κ1) is 19.2. The molecule has 0 aliphatic carbocycles. The molecule has 0 aliphatic rings. The predicted octanol–water partition coefficient (Wildman–Crippen LogP) is 3.74. The summed E-state index contributed by atoms with van der Waals surface area (Å²) in [6.07, 6.45) is -0.561. The molecule has 0 fully saturated rings. The fraction of sp³-hybridized carbons (Fsp3) is 0.316. The summed E-state index contributed by atoms with van der Waals surface area (Å²) in [5.74, 6) is 1.89. The van der Waals surface area contributed by atoms with E-state index in [4.69, 9.17) is 14.2 Å². The molecule has 140 valence electrons. The number of urea groups is 1. The van der Waals surface area contributed by atoms with Gasteiger partial charge < -0.3 is 30.0 Å². The maximum Gasteiger partial charge on any atom is 0.322 e. The van der Waals surface area contributed by atoms with Crippen molar-refractivity contribution in [1.29, 1.82) is 0 Å². The van der Waals surface area contributed by atoms with Crippen molar-refractivity contribution >= 4 is 11.7 Å². The monoisotopic (exact) mass is 360 g/mol. The van der Waals surface area contributed by atoms with Crippen LogP contribution in [0.2, 0.25) is 0 Å². The molecule has 1 atom stereocenters. The van der Waals surface area contributed by atoms with Crippen LogP contribution >= 0.6 is 0 Å². The summed E-state index contributed by atoms with van der Waals surface area (Å²) < 4.78 is 16.6. The third-order valence-corrected chi connectivity index (χ3v) is 3.29. The van der Waals surface area contributed by atoms with Crippen LogP contribution in [0.1, 0.15) is 20.8 Å². The van der Waals surface area contributed by atoms with E-state index in [0.717, 1.165) is 0 Å². The summed E-state index contributed by atoms with van der Waals surface area (Å²) >= 11 is 0. The number of anilines is 1. The van der Waals surface area contributed by atoms with E-state index in [9.17, 15) is 9.90 Å². The third kappa shape index (κ3) is 5.77. The molecular formula is C19H24N2O5. The van der Waals surface area contributed by atoms with Crippen LogP contribution in [-0.4, -0.2) is 30.6 Å². The molecule has 2 rings (SSSR count). The Morgan fingerprint density at radius 1 is 1.04 bits per heavy atom. The number of carbonyl (C=O) groups excluding carboxylic acids is 1. The lowest BCUT2D eigenvalue weighted by atomic mass is 10.2. The van der Waals surface area contributed by atoms with Crippen molar-refractivity contribution < 1.29 is 24.1 Å². The summed E-state index contributed by atoms with van der Waals surface area (Å²) in [5, 5.41) is 14.7. The molecule has 2 aromatic carbocycles. The minimum atomic E-state index is -0.561. The highest BCUT2D eigenvalue weighted by Crippen LogP contribution is 2.30. The minimum absolute atomic E-state index is 0.149. The fourth-order valence-electron chi connectivity index (χ4n) is 2.24. The maximum absolute atomic E-state index is 12.1. The van der Waals surface area contributed by atoms with Crippen molar-refractivity contribution in [1.82, 2.24) is 5.32 Å². The number of phenolic OH excluding ortho intramolecular Hbond substituents is 1. The number of hydrogen-bond donors (Lipinski definition) is 3. The van der Waals surface area contributed by atoms with Crippen LogP contribution in [0.25, 0.3) is 0 Å². The quantitative estimate of drug-likeness (QED) is 0.624. The van der Waals surface area contributed by atoms with E-state index in [1.165, 1.54) is 12.1 Å². The summed E-state index contributed by atoms with van der Waals surface area (Å²) in [4.78, 5) is 12.1. The number of carbonyl (C=O) groups is 1. The van der Waals surface area contributed by atoms with E-state index >= 15 is 0 Å². The molecule has 0 bridgehead atoms. The maximum atomic E-state index is 12.1. The van der Waals surface area contributed by atoms with E-state index in [1.807, 2.05) is 13.8 Å². The van der Waals surface area contributed by atoms with E-state index in [2.05, 4.69) is 10.6 Å². The lowest BCUT2D eigenvalue weighted by Crippen LogP contribution is -2.39. The summed E-state index contributed by atoms with van der Waals surface area (Å²) in [7, 11) is 0. The lowest BCUT2D eigenvalue weighted by Gasteiger charge is -2.17. The van der Waals surface area contributed by atoms with Crippen molar-refractivity contribution in [2.75, 3.05) is 18.5 Å². The first-order chi connectivity index (χ1) is 12.5. The predicted molar refractivity (Wildman–Crippen MR) is 99.1 cm³/mol. The van der Waals surface area contributed by atoms with Gasteiger partial charge in [0.2, 0.25) is 0 Å². The Morgan fingerprint density at radius 3 is 2.35 bits per heavy atom. The molecule has 1 unspecified atom stereocenters. The Hall–Kier alpha value is -3.09. The molecular weight excluding hydrogens is 336 g/mol. The topological polar surface area (TPSA) is 89.1 Å². The van der Waals surface area contributed by atoms with Crippen LogP contribution in [0.5, 0.6) is 23.0 Å². The molecule has 26 heavy (non-hydrogen) atoms. The Kier molecular flexibility index (Phi) is 6.96. The number of ether oxygens (including phenoxy) is 3. The molecule has 0 heterocycles. The summed E-state index contributed by atoms with van der Waals surface area (Å²) in [5.41, 5.74) is 0.575. The first-order valence-corrected chi connectivity index (χ1v) is 8.44. The second-order valence-corrected chi connectivity index (χ2v) is 5.38. The van der Waals surface area contributed by atoms with Crippen molar-refractivity contribution in [2.24, 2.45) is 0 Å². The van der Waals surface area contributed by atoms with Gasteiger partial charge in [-0.15, -0.1) is 0 Å². The van der Waals surface area contributed by atoms with E-state index in [1.54, 1.807) is 37.3 Å². The van der Waals surface area contributed by atoms with Gasteiger partial charge in [0, 0.05) is 11.8 Å². The average molecular weight is 360 g/mol. The second kappa shape index (κ2) is 9.41. The molecule has 0 saturated heterocycles. The molecule has 0 saturated carbocycles. The van der Waals surface area contributed by atoms with Crippen LogP contribution in [0, 0.1) is 0 Å². The van der Waals surface area contributed by atoms with Gasteiger partial charge in [0.05, 0.1) is 13.2 Å². The fourth-order valence-corrected chi connectivity index (χ4v) is 2.24. The zero-order valence-electron chi connectivity index (χ0n) is 15.1. The Bertz CT molecular complexity index is 718. The van der Waals surface area contributed by atoms with Crippen LogP contribution in [0.15, 0.2) is 42.5 Å². The summed E-state index contributed by atoms with van der Waals surface area (Å²) in [6, 6.07) is 11.0. The van der Waals surface area contributed by atoms with Crippen molar-refractivity contribution in [3.8, 4) is 23.0 Å². The van der Waals surface area contributed by atoms with Gasteiger partial charge in [0.15, 0.2) is 17.7 Å². The number of nitrogens with one attached hydrogen (secondary N) is 2. The third-order valence-electron chi connectivity index (χ3n) is 3.29. The Morgan fingerprint density at radius 2 is 1.69 bits per heavy atom. The second-order valence-electron chi connectivity index (χ2n) is 5.38. The van der Waals surface area contributed by atoms with Crippen LogP contribution in [-0.2, 0) is 0 Å². The number of amides is 2. The molecule has 0 aromatic heterocycles. The molecule has 2 amide bonds. The van der Waals surface area contributed by atoms with Gasteiger partial charge in [0.25, 0.3) is 0 Å². The van der Waals surface area contributed by atoms with Crippen molar-refractivity contribution in [3.05, 3.63) is 42.5 Å². The zero-order chi connectivity index (χ0) is 18.9. The zero-order valence-corrected chi connectivity index (χ0v) is 15.1. The van der Waals surface area contributed by atoms with Gasteiger partial charge in [-0.05, 0) is 57.2 Å². The lowest BCUT2D eigenvalue weighted by molar-refractivity contribution is 0.183.